The first-order valence-corrected chi connectivity index (χ1v) is 6.13. The predicted molar refractivity (Wildman–Crippen MR) is 68.4 cm³/mol. The van der Waals surface area contributed by atoms with Gasteiger partial charge in [0.2, 0.25) is 0 Å². The van der Waals surface area contributed by atoms with Crippen LogP contribution in [0.5, 0.6) is 0 Å². The molecule has 1 aromatic heterocycles. The van der Waals surface area contributed by atoms with Crippen molar-refractivity contribution in [2.24, 2.45) is 0 Å². The van der Waals surface area contributed by atoms with Crippen molar-refractivity contribution in [1.29, 1.82) is 0 Å². The molecule has 90 valence electrons. The van der Waals surface area contributed by atoms with Gasteiger partial charge in [-0.05, 0) is 31.6 Å². The lowest BCUT2D eigenvalue weighted by Gasteiger charge is -2.20. The van der Waals surface area contributed by atoms with Crippen molar-refractivity contribution >= 4 is 0 Å². The molecule has 16 heavy (non-hydrogen) atoms. The number of aromatic nitrogens is 1. The Kier molecular flexibility index (Phi) is 6.04. The van der Waals surface area contributed by atoms with Gasteiger partial charge in [-0.25, -0.2) is 0 Å². The number of hydrogen-bond donors (Lipinski definition) is 1. The molecule has 1 N–H and O–H groups in total. The fraction of sp³-hybridized carbons (Fsp3) is 0.615. The van der Waals surface area contributed by atoms with Crippen LogP contribution < -0.4 is 5.32 Å². The minimum absolute atomic E-state index is 0.379. The largest absolute Gasteiger partial charge is 0.309 e. The van der Waals surface area contributed by atoms with Gasteiger partial charge in [0.15, 0.2) is 0 Å². The van der Waals surface area contributed by atoms with Crippen LogP contribution in [0.4, 0.5) is 0 Å². The van der Waals surface area contributed by atoms with Crippen LogP contribution in [0.1, 0.15) is 32.4 Å². The van der Waals surface area contributed by atoms with E-state index < -0.39 is 0 Å². The summed E-state index contributed by atoms with van der Waals surface area (Å²) in [4.78, 5) is 6.55. The van der Waals surface area contributed by atoms with E-state index in [0.717, 1.165) is 26.2 Å². The molecule has 0 aliphatic carbocycles. The van der Waals surface area contributed by atoms with E-state index in [-0.39, 0.29) is 0 Å². The highest BCUT2D eigenvalue weighted by Gasteiger charge is 2.04. The molecular weight excluding hydrogens is 198 g/mol. The summed E-state index contributed by atoms with van der Waals surface area (Å²) in [5, 5.41) is 3.52. The lowest BCUT2D eigenvalue weighted by atomic mass is 10.1. The summed E-state index contributed by atoms with van der Waals surface area (Å²) in [6.07, 6.45) is 3.74. The van der Waals surface area contributed by atoms with Crippen molar-refractivity contribution in [3.05, 3.63) is 30.1 Å². The van der Waals surface area contributed by atoms with Crippen molar-refractivity contribution in [1.82, 2.24) is 15.2 Å². The van der Waals surface area contributed by atoms with Crippen molar-refractivity contribution in [2.75, 3.05) is 26.2 Å². The third-order valence-corrected chi connectivity index (χ3v) is 2.96. The van der Waals surface area contributed by atoms with Crippen molar-refractivity contribution in [3.8, 4) is 0 Å². The third kappa shape index (κ3) is 4.29. The summed E-state index contributed by atoms with van der Waals surface area (Å²) in [6, 6.07) is 4.48. The maximum Gasteiger partial charge on any atom is 0.0315 e. The van der Waals surface area contributed by atoms with Gasteiger partial charge in [0, 0.05) is 31.5 Å². The zero-order valence-electron chi connectivity index (χ0n) is 10.6. The molecule has 0 fully saturated rings. The normalized spacial score (nSPS) is 13.0. The summed E-state index contributed by atoms with van der Waals surface area (Å²) in [6.45, 7) is 11.0. The fourth-order valence-corrected chi connectivity index (χ4v) is 1.73. The Morgan fingerprint density at radius 3 is 2.69 bits per heavy atom. The van der Waals surface area contributed by atoms with E-state index in [1.807, 2.05) is 18.5 Å². The molecule has 0 aliphatic rings. The predicted octanol–water partition coefficient (Wildman–Crippen LogP) is 2.07. The smallest absolute Gasteiger partial charge is 0.0315 e. The monoisotopic (exact) mass is 221 g/mol. The molecule has 1 atom stereocenters. The fourth-order valence-electron chi connectivity index (χ4n) is 1.73. The highest BCUT2D eigenvalue weighted by Crippen LogP contribution is 2.08. The van der Waals surface area contributed by atoms with Crippen molar-refractivity contribution < 1.29 is 0 Å². The van der Waals surface area contributed by atoms with E-state index in [9.17, 15) is 0 Å². The molecule has 0 amide bonds. The molecular formula is C13H23N3. The number of nitrogens with one attached hydrogen (secondary N) is 1. The Morgan fingerprint density at radius 2 is 2.12 bits per heavy atom. The van der Waals surface area contributed by atoms with Crippen LogP contribution in [-0.2, 0) is 0 Å². The average Bonchev–Trinajstić information content (AvgIpc) is 2.35. The van der Waals surface area contributed by atoms with Crippen LogP contribution in [0.2, 0.25) is 0 Å². The minimum Gasteiger partial charge on any atom is -0.309 e. The molecule has 1 rings (SSSR count). The van der Waals surface area contributed by atoms with Crippen LogP contribution in [0, 0.1) is 0 Å². The molecule has 3 heteroatoms. The first kappa shape index (κ1) is 13.1. The third-order valence-electron chi connectivity index (χ3n) is 2.96. The topological polar surface area (TPSA) is 28.2 Å². The summed E-state index contributed by atoms with van der Waals surface area (Å²) in [5.41, 5.74) is 1.25. The second-order valence-electron chi connectivity index (χ2n) is 3.99. The Labute approximate surface area is 98.9 Å². The molecule has 0 unspecified atom stereocenters. The van der Waals surface area contributed by atoms with E-state index in [0.29, 0.717) is 6.04 Å². The van der Waals surface area contributed by atoms with Gasteiger partial charge in [-0.2, -0.15) is 0 Å². The van der Waals surface area contributed by atoms with Gasteiger partial charge in [0.1, 0.15) is 0 Å². The summed E-state index contributed by atoms with van der Waals surface area (Å²) < 4.78 is 0. The van der Waals surface area contributed by atoms with Gasteiger partial charge in [-0.3, -0.25) is 4.98 Å². The SMILES string of the molecule is CCN(CC)CCN[C@H](C)c1cccnc1. The molecule has 1 heterocycles. The van der Waals surface area contributed by atoms with Gasteiger partial charge in [0.05, 0.1) is 0 Å². The van der Waals surface area contributed by atoms with E-state index in [1.54, 1.807) is 0 Å². The Balaban J connectivity index is 2.28. The minimum atomic E-state index is 0.379. The van der Waals surface area contributed by atoms with Gasteiger partial charge in [-0.15, -0.1) is 0 Å². The maximum absolute atomic E-state index is 4.13. The standard InChI is InChI=1S/C13H23N3/c1-4-16(5-2)10-9-15-12(3)13-7-6-8-14-11-13/h6-8,11-12,15H,4-5,9-10H2,1-3H3/t12-/m1/s1. The second-order valence-corrected chi connectivity index (χ2v) is 3.99. The van der Waals surface area contributed by atoms with E-state index in [2.05, 4.69) is 42.0 Å². The van der Waals surface area contributed by atoms with Crippen LogP contribution in [0.15, 0.2) is 24.5 Å². The molecule has 3 nitrogen and oxygen atoms in total. The van der Waals surface area contributed by atoms with Gasteiger partial charge in [-0.1, -0.05) is 19.9 Å². The highest BCUT2D eigenvalue weighted by atomic mass is 15.1. The number of hydrogen-bond acceptors (Lipinski definition) is 3. The molecule has 1 aromatic rings. The summed E-state index contributed by atoms with van der Waals surface area (Å²) >= 11 is 0. The number of pyridine rings is 1. The van der Waals surface area contributed by atoms with Gasteiger partial charge < -0.3 is 10.2 Å². The molecule has 0 radical (unpaired) electrons. The van der Waals surface area contributed by atoms with Crippen LogP contribution in [0.25, 0.3) is 0 Å². The zero-order chi connectivity index (χ0) is 11.8. The molecule has 0 saturated carbocycles. The summed E-state index contributed by atoms with van der Waals surface area (Å²) in [7, 11) is 0. The van der Waals surface area contributed by atoms with Crippen molar-refractivity contribution in [2.45, 2.75) is 26.8 Å². The first-order valence-electron chi connectivity index (χ1n) is 6.13. The molecule has 0 aliphatic heterocycles. The Morgan fingerprint density at radius 1 is 1.38 bits per heavy atom. The maximum atomic E-state index is 4.13. The number of rotatable bonds is 7. The van der Waals surface area contributed by atoms with Crippen molar-refractivity contribution in [3.63, 3.8) is 0 Å². The van der Waals surface area contributed by atoms with Crippen LogP contribution in [-0.4, -0.2) is 36.1 Å². The Hall–Kier alpha value is -0.930. The molecule has 0 saturated heterocycles. The first-order chi connectivity index (χ1) is 7.77. The average molecular weight is 221 g/mol. The van der Waals surface area contributed by atoms with E-state index in [4.69, 9.17) is 0 Å². The lowest BCUT2D eigenvalue weighted by molar-refractivity contribution is 0.298. The van der Waals surface area contributed by atoms with Crippen LogP contribution >= 0.6 is 0 Å². The molecule has 0 bridgehead atoms. The van der Waals surface area contributed by atoms with Gasteiger partial charge >= 0.3 is 0 Å². The lowest BCUT2D eigenvalue weighted by Crippen LogP contribution is -2.33. The molecule has 0 aromatic carbocycles. The number of likely N-dealkylation sites (N-methyl/N-ethyl adjacent to an activating group) is 1. The highest BCUT2D eigenvalue weighted by molar-refractivity contribution is 5.12. The zero-order valence-corrected chi connectivity index (χ0v) is 10.6. The van der Waals surface area contributed by atoms with E-state index >= 15 is 0 Å². The number of nitrogens with zero attached hydrogens (tertiary/aromatic N) is 2. The molecule has 0 spiro atoms. The Bertz CT molecular complexity index is 270. The second kappa shape index (κ2) is 7.36. The quantitative estimate of drug-likeness (QED) is 0.764. The van der Waals surface area contributed by atoms with Crippen LogP contribution in [0.3, 0.4) is 0 Å². The summed E-state index contributed by atoms with van der Waals surface area (Å²) in [5.74, 6) is 0. The van der Waals surface area contributed by atoms with Gasteiger partial charge in [0.25, 0.3) is 0 Å². The van der Waals surface area contributed by atoms with E-state index in [1.165, 1.54) is 5.56 Å².